The van der Waals surface area contributed by atoms with E-state index >= 15 is 0 Å². The van der Waals surface area contributed by atoms with Gasteiger partial charge >= 0.3 is 5.97 Å². The first kappa shape index (κ1) is 10.1. The second kappa shape index (κ2) is 4.32. The number of hydrogen-bond donors (Lipinski definition) is 1. The maximum absolute atomic E-state index is 10.2. The fourth-order valence-corrected chi connectivity index (χ4v) is 1.82. The van der Waals surface area contributed by atoms with Crippen LogP contribution in [0.1, 0.15) is 11.3 Å². The number of carbonyl (C=O) groups is 1. The van der Waals surface area contributed by atoms with E-state index in [4.69, 9.17) is 5.11 Å². The second-order valence-corrected chi connectivity index (χ2v) is 3.79. The van der Waals surface area contributed by atoms with Crippen LogP contribution in [0.5, 0.6) is 0 Å². The first-order valence-electron chi connectivity index (χ1n) is 3.88. The number of aryl methyl sites for hydroxylation is 2. The highest BCUT2D eigenvalue weighted by Crippen LogP contribution is 2.14. The lowest BCUT2D eigenvalue weighted by Gasteiger charge is -1.95. The molecule has 5 heteroatoms. The van der Waals surface area contributed by atoms with Crippen molar-refractivity contribution >= 4 is 17.7 Å². The van der Waals surface area contributed by atoms with Crippen molar-refractivity contribution in [2.45, 2.75) is 12.7 Å². The molecule has 0 saturated heterocycles. The molecule has 0 radical (unpaired) electrons. The number of nitrogens with zero attached hydrogens (tertiary/aromatic N) is 2. The van der Waals surface area contributed by atoms with Crippen molar-refractivity contribution in [2.75, 3.05) is 5.75 Å². The van der Waals surface area contributed by atoms with Gasteiger partial charge in [0.1, 0.15) is 0 Å². The van der Waals surface area contributed by atoms with Crippen molar-refractivity contribution in [3.8, 4) is 0 Å². The van der Waals surface area contributed by atoms with E-state index in [-0.39, 0.29) is 5.75 Å². The molecule has 0 aliphatic carbocycles. The van der Waals surface area contributed by atoms with Crippen LogP contribution < -0.4 is 0 Å². The van der Waals surface area contributed by atoms with E-state index in [2.05, 4.69) is 5.10 Å². The lowest BCUT2D eigenvalue weighted by Crippen LogP contribution is -1.98. The van der Waals surface area contributed by atoms with E-state index < -0.39 is 5.97 Å². The molecule has 0 aliphatic rings. The van der Waals surface area contributed by atoms with E-state index in [1.807, 2.05) is 20.2 Å². The van der Waals surface area contributed by atoms with Gasteiger partial charge in [0.2, 0.25) is 0 Å². The predicted octanol–water partition coefficient (Wildman–Crippen LogP) is 1.05. The number of thioether (sulfide) groups is 1. The molecule has 0 spiro atoms. The Morgan fingerprint density at radius 2 is 2.46 bits per heavy atom. The average molecular weight is 200 g/mol. The van der Waals surface area contributed by atoms with Crippen LogP contribution in [0.3, 0.4) is 0 Å². The minimum Gasteiger partial charge on any atom is -0.481 e. The number of aromatic nitrogens is 2. The first-order chi connectivity index (χ1) is 6.09. The molecular formula is C8H12N2O2S. The summed E-state index contributed by atoms with van der Waals surface area (Å²) in [5, 5.41) is 12.6. The fourth-order valence-electron chi connectivity index (χ4n) is 1.04. The van der Waals surface area contributed by atoms with Gasteiger partial charge in [-0.25, -0.2) is 0 Å². The molecule has 0 saturated carbocycles. The summed E-state index contributed by atoms with van der Waals surface area (Å²) in [6.45, 7) is 1.93. The highest BCUT2D eigenvalue weighted by molar-refractivity contribution is 7.99. The molecule has 72 valence electrons. The molecule has 0 fully saturated rings. The SMILES string of the molecule is Cc1nn(C)cc1CSCC(=O)O. The molecule has 0 amide bonds. The van der Waals surface area contributed by atoms with Crippen LogP contribution in [0.4, 0.5) is 0 Å². The Kier molecular flexibility index (Phi) is 3.36. The van der Waals surface area contributed by atoms with Gasteiger partial charge < -0.3 is 5.11 Å². The summed E-state index contributed by atoms with van der Waals surface area (Å²) >= 11 is 1.39. The van der Waals surface area contributed by atoms with Crippen molar-refractivity contribution < 1.29 is 9.90 Å². The number of aliphatic carboxylic acids is 1. The molecule has 1 aromatic rings. The van der Waals surface area contributed by atoms with Crippen molar-refractivity contribution in [3.05, 3.63) is 17.5 Å². The van der Waals surface area contributed by atoms with Crippen LogP contribution in [-0.2, 0) is 17.6 Å². The standard InChI is InChI=1S/C8H12N2O2S/c1-6-7(3-10(2)9-6)4-13-5-8(11)12/h3H,4-5H2,1-2H3,(H,11,12). The summed E-state index contributed by atoms with van der Waals surface area (Å²) < 4.78 is 1.74. The topological polar surface area (TPSA) is 55.1 Å². The smallest absolute Gasteiger partial charge is 0.313 e. The molecule has 13 heavy (non-hydrogen) atoms. The minimum absolute atomic E-state index is 0.147. The lowest BCUT2D eigenvalue weighted by molar-refractivity contribution is -0.133. The van der Waals surface area contributed by atoms with Gasteiger partial charge in [0, 0.05) is 24.6 Å². The van der Waals surface area contributed by atoms with Crippen LogP contribution in [0.2, 0.25) is 0 Å². The van der Waals surface area contributed by atoms with Gasteiger partial charge in [-0.1, -0.05) is 0 Å². The van der Waals surface area contributed by atoms with Crippen LogP contribution in [0.25, 0.3) is 0 Å². The molecule has 1 rings (SSSR count). The Bertz CT molecular complexity index is 309. The maximum atomic E-state index is 10.2. The summed E-state index contributed by atoms with van der Waals surface area (Å²) in [6, 6.07) is 0. The molecule has 0 bridgehead atoms. The Morgan fingerprint density at radius 3 is 2.92 bits per heavy atom. The Balaban J connectivity index is 2.45. The van der Waals surface area contributed by atoms with Crippen LogP contribution in [0.15, 0.2) is 6.20 Å². The third-order valence-electron chi connectivity index (χ3n) is 1.60. The molecule has 1 heterocycles. The quantitative estimate of drug-likeness (QED) is 0.789. The van der Waals surface area contributed by atoms with Gasteiger partial charge in [-0.3, -0.25) is 9.48 Å². The van der Waals surface area contributed by atoms with Gasteiger partial charge in [0.15, 0.2) is 0 Å². The van der Waals surface area contributed by atoms with Gasteiger partial charge in [0.25, 0.3) is 0 Å². The number of hydrogen-bond acceptors (Lipinski definition) is 3. The highest BCUT2D eigenvalue weighted by atomic mass is 32.2. The van der Waals surface area contributed by atoms with E-state index in [9.17, 15) is 4.79 Å². The first-order valence-corrected chi connectivity index (χ1v) is 5.03. The normalized spacial score (nSPS) is 10.3. The monoisotopic (exact) mass is 200 g/mol. The summed E-state index contributed by atoms with van der Waals surface area (Å²) in [7, 11) is 1.86. The van der Waals surface area contributed by atoms with Gasteiger partial charge in [-0.2, -0.15) is 5.10 Å². The van der Waals surface area contributed by atoms with E-state index in [1.165, 1.54) is 11.8 Å². The van der Waals surface area contributed by atoms with Crippen molar-refractivity contribution in [3.63, 3.8) is 0 Å². The Morgan fingerprint density at radius 1 is 1.77 bits per heavy atom. The number of carboxylic acid groups (broad SMARTS) is 1. The Labute approximate surface area is 80.9 Å². The zero-order valence-corrected chi connectivity index (χ0v) is 8.47. The largest absolute Gasteiger partial charge is 0.481 e. The van der Waals surface area contributed by atoms with Crippen LogP contribution in [0, 0.1) is 6.92 Å². The summed E-state index contributed by atoms with van der Waals surface area (Å²) in [5.74, 6) is 0.0897. The van der Waals surface area contributed by atoms with Gasteiger partial charge in [-0.05, 0) is 6.92 Å². The highest BCUT2D eigenvalue weighted by Gasteiger charge is 2.04. The van der Waals surface area contributed by atoms with Gasteiger partial charge in [0.05, 0.1) is 11.4 Å². The third kappa shape index (κ3) is 3.10. The summed E-state index contributed by atoms with van der Waals surface area (Å²) in [4.78, 5) is 10.2. The fraction of sp³-hybridized carbons (Fsp3) is 0.500. The van der Waals surface area contributed by atoms with E-state index in [0.29, 0.717) is 5.75 Å². The third-order valence-corrected chi connectivity index (χ3v) is 2.56. The zero-order chi connectivity index (χ0) is 9.84. The maximum Gasteiger partial charge on any atom is 0.313 e. The molecule has 1 N–H and O–H groups in total. The minimum atomic E-state index is -0.772. The van der Waals surface area contributed by atoms with E-state index in [1.54, 1.807) is 4.68 Å². The Hall–Kier alpha value is -0.970. The van der Waals surface area contributed by atoms with E-state index in [0.717, 1.165) is 11.3 Å². The van der Waals surface area contributed by atoms with Crippen molar-refractivity contribution in [1.29, 1.82) is 0 Å². The predicted molar refractivity (Wildman–Crippen MR) is 51.7 cm³/mol. The van der Waals surface area contributed by atoms with Crippen molar-refractivity contribution in [1.82, 2.24) is 9.78 Å². The number of rotatable bonds is 4. The number of carboxylic acids is 1. The van der Waals surface area contributed by atoms with Crippen LogP contribution in [-0.4, -0.2) is 26.6 Å². The summed E-state index contributed by atoms with van der Waals surface area (Å²) in [5.41, 5.74) is 2.08. The molecule has 1 aromatic heterocycles. The van der Waals surface area contributed by atoms with Crippen LogP contribution >= 0.6 is 11.8 Å². The van der Waals surface area contributed by atoms with Crippen molar-refractivity contribution in [2.24, 2.45) is 7.05 Å². The molecule has 4 nitrogen and oxygen atoms in total. The lowest BCUT2D eigenvalue weighted by atomic mass is 10.3. The molecule has 0 aromatic carbocycles. The molecular weight excluding hydrogens is 188 g/mol. The second-order valence-electron chi connectivity index (χ2n) is 2.80. The van der Waals surface area contributed by atoms with Gasteiger partial charge in [-0.15, -0.1) is 11.8 Å². The summed E-state index contributed by atoms with van der Waals surface area (Å²) in [6.07, 6.45) is 1.92. The molecule has 0 unspecified atom stereocenters. The molecule has 0 aliphatic heterocycles. The zero-order valence-electron chi connectivity index (χ0n) is 7.65. The average Bonchev–Trinajstić information content (AvgIpc) is 2.29. The molecule has 0 atom stereocenters.